The van der Waals surface area contributed by atoms with Crippen LogP contribution in [-0.4, -0.2) is 35.4 Å². The van der Waals surface area contributed by atoms with Crippen LogP contribution in [0.3, 0.4) is 0 Å². The quantitative estimate of drug-likeness (QED) is 0.638. The Morgan fingerprint density at radius 3 is 2.93 bits per heavy atom. The molecule has 30 heavy (non-hydrogen) atoms. The van der Waals surface area contributed by atoms with Crippen LogP contribution in [0, 0.1) is 6.92 Å². The van der Waals surface area contributed by atoms with Crippen molar-refractivity contribution in [2.45, 2.75) is 26.5 Å². The minimum Gasteiger partial charge on any atom is -0.367 e. The predicted octanol–water partition coefficient (Wildman–Crippen LogP) is 4.31. The van der Waals surface area contributed by atoms with Crippen LogP contribution in [0.5, 0.6) is 0 Å². The maximum Gasteiger partial charge on any atom is 0.251 e. The van der Waals surface area contributed by atoms with Gasteiger partial charge >= 0.3 is 0 Å². The zero-order valence-corrected chi connectivity index (χ0v) is 18.0. The Hall–Kier alpha value is -3.03. The second-order valence-corrected chi connectivity index (χ2v) is 8.45. The topological polar surface area (TPSA) is 71.5 Å². The number of carbonyl (C=O) groups excluding carboxylic acids is 2. The molecule has 0 fully saturated rings. The van der Waals surface area contributed by atoms with Gasteiger partial charge < -0.3 is 15.0 Å². The first-order valence-electron chi connectivity index (χ1n) is 9.73. The van der Waals surface area contributed by atoms with Crippen molar-refractivity contribution >= 4 is 45.1 Å². The summed E-state index contributed by atoms with van der Waals surface area (Å²) < 4.78 is 6.55. The minimum atomic E-state index is -0.216. The summed E-state index contributed by atoms with van der Waals surface area (Å²) in [5, 5.41) is 3.95. The number of hydrogen-bond donors (Lipinski definition) is 1. The van der Waals surface area contributed by atoms with E-state index in [1.807, 2.05) is 32.2 Å². The van der Waals surface area contributed by atoms with Gasteiger partial charge in [0.05, 0.1) is 12.6 Å². The van der Waals surface area contributed by atoms with E-state index in [-0.39, 0.29) is 24.5 Å². The summed E-state index contributed by atoms with van der Waals surface area (Å²) in [6.07, 6.45) is 4.93. The average Bonchev–Trinajstić information content (AvgIpc) is 2.96. The molecule has 0 unspecified atom stereocenters. The maximum absolute atomic E-state index is 12.8. The number of hydrogen-bond acceptors (Lipinski definition) is 5. The van der Waals surface area contributed by atoms with Gasteiger partial charge in [-0.05, 0) is 48.6 Å². The standard InChI is InChI=1S/C23H23N3O3S/c1-14-18-6-4-5-7-19(18)30-22(14)15(2)26(3)21(28)9-8-16-10-17-12-29-13-20(27)25-23(17)24-11-16/h4-11,15H,12-13H2,1-3H3,(H,24,25,27)/b9-8+/t15-/m1/s1. The number of rotatable bonds is 4. The molecular weight excluding hydrogens is 398 g/mol. The van der Waals surface area contributed by atoms with Gasteiger partial charge in [0.25, 0.3) is 5.91 Å². The van der Waals surface area contributed by atoms with E-state index in [1.54, 1.807) is 34.6 Å². The molecule has 0 aliphatic carbocycles. The summed E-state index contributed by atoms with van der Waals surface area (Å²) in [6, 6.07) is 10.2. The predicted molar refractivity (Wildman–Crippen MR) is 119 cm³/mol. The lowest BCUT2D eigenvalue weighted by Crippen LogP contribution is -2.27. The van der Waals surface area contributed by atoms with Crippen LogP contribution in [0.2, 0.25) is 0 Å². The molecule has 2 aromatic heterocycles. The summed E-state index contributed by atoms with van der Waals surface area (Å²) in [6.45, 7) is 4.48. The van der Waals surface area contributed by atoms with Gasteiger partial charge in [0.2, 0.25) is 5.91 Å². The van der Waals surface area contributed by atoms with Crippen molar-refractivity contribution in [3.05, 3.63) is 64.2 Å². The lowest BCUT2D eigenvalue weighted by molar-refractivity contribution is -0.126. The van der Waals surface area contributed by atoms with Crippen LogP contribution in [0.15, 0.2) is 42.6 Å². The number of aryl methyl sites for hydroxylation is 1. The number of amides is 2. The van der Waals surface area contributed by atoms with E-state index in [2.05, 4.69) is 29.4 Å². The molecule has 7 heteroatoms. The third-order valence-electron chi connectivity index (χ3n) is 5.34. The monoisotopic (exact) mass is 421 g/mol. The number of carbonyl (C=O) groups is 2. The van der Waals surface area contributed by atoms with Gasteiger partial charge in [0.1, 0.15) is 12.4 Å². The average molecular weight is 422 g/mol. The lowest BCUT2D eigenvalue weighted by atomic mass is 10.1. The van der Waals surface area contributed by atoms with Gasteiger partial charge in [-0.2, -0.15) is 0 Å². The van der Waals surface area contributed by atoms with E-state index in [0.29, 0.717) is 12.4 Å². The van der Waals surface area contributed by atoms with Crippen molar-refractivity contribution in [1.29, 1.82) is 0 Å². The van der Waals surface area contributed by atoms with Crippen LogP contribution >= 0.6 is 11.3 Å². The third-order valence-corrected chi connectivity index (χ3v) is 6.79. The molecule has 0 bridgehead atoms. The summed E-state index contributed by atoms with van der Waals surface area (Å²) in [5.41, 5.74) is 2.79. The molecule has 4 rings (SSSR count). The highest BCUT2D eigenvalue weighted by molar-refractivity contribution is 7.19. The zero-order chi connectivity index (χ0) is 21.3. The van der Waals surface area contributed by atoms with Gasteiger partial charge in [0.15, 0.2) is 0 Å². The Kier molecular flexibility index (Phi) is 5.65. The Balaban J connectivity index is 1.50. The van der Waals surface area contributed by atoms with E-state index in [4.69, 9.17) is 4.74 Å². The van der Waals surface area contributed by atoms with Gasteiger partial charge in [-0.15, -0.1) is 11.3 Å². The number of aromatic nitrogens is 1. The molecule has 0 spiro atoms. The Labute approximate surface area is 179 Å². The van der Waals surface area contributed by atoms with Crippen molar-refractivity contribution in [3.63, 3.8) is 0 Å². The van der Waals surface area contributed by atoms with Gasteiger partial charge in [-0.3, -0.25) is 9.59 Å². The molecule has 2 amide bonds. The molecule has 3 aromatic rings. The second-order valence-electron chi connectivity index (χ2n) is 7.36. The smallest absolute Gasteiger partial charge is 0.251 e. The van der Waals surface area contributed by atoms with Crippen LogP contribution in [0.1, 0.15) is 34.5 Å². The molecule has 1 N–H and O–H groups in total. The number of benzene rings is 1. The molecule has 0 saturated heterocycles. The molecule has 1 aliphatic heterocycles. The number of nitrogens with one attached hydrogen (secondary N) is 1. The van der Waals surface area contributed by atoms with E-state index < -0.39 is 0 Å². The van der Waals surface area contributed by atoms with E-state index >= 15 is 0 Å². The fraction of sp³-hybridized carbons (Fsp3) is 0.261. The molecule has 6 nitrogen and oxygen atoms in total. The number of pyridine rings is 1. The van der Waals surface area contributed by atoms with Crippen molar-refractivity contribution in [1.82, 2.24) is 9.88 Å². The van der Waals surface area contributed by atoms with Crippen LogP contribution in [0.25, 0.3) is 16.2 Å². The number of thiophene rings is 1. The molecule has 1 atom stereocenters. The Morgan fingerprint density at radius 1 is 1.33 bits per heavy atom. The molecular formula is C23H23N3O3S. The minimum absolute atomic E-state index is 0.0137. The number of anilines is 1. The van der Waals surface area contributed by atoms with E-state index in [0.717, 1.165) is 11.1 Å². The van der Waals surface area contributed by atoms with Crippen molar-refractivity contribution in [2.24, 2.45) is 0 Å². The number of likely N-dealkylation sites (N-methyl/N-ethyl adjacent to an activating group) is 1. The fourth-order valence-electron chi connectivity index (χ4n) is 3.51. The maximum atomic E-state index is 12.8. The number of fused-ring (bicyclic) bond motifs is 2. The summed E-state index contributed by atoms with van der Waals surface area (Å²) in [4.78, 5) is 31.6. The summed E-state index contributed by atoms with van der Waals surface area (Å²) in [7, 11) is 1.82. The highest BCUT2D eigenvalue weighted by Crippen LogP contribution is 2.36. The highest BCUT2D eigenvalue weighted by atomic mass is 32.1. The largest absolute Gasteiger partial charge is 0.367 e. The first kappa shape index (κ1) is 20.3. The molecule has 1 aliphatic rings. The van der Waals surface area contributed by atoms with Gasteiger partial charge in [-0.1, -0.05) is 18.2 Å². The fourth-order valence-corrected chi connectivity index (χ4v) is 4.81. The van der Waals surface area contributed by atoms with Crippen LogP contribution < -0.4 is 5.32 Å². The molecule has 1 aromatic carbocycles. The van der Waals surface area contributed by atoms with Crippen LogP contribution in [-0.2, 0) is 20.9 Å². The molecule has 0 radical (unpaired) electrons. The van der Waals surface area contributed by atoms with Crippen molar-refractivity contribution in [2.75, 3.05) is 19.0 Å². The first-order chi connectivity index (χ1) is 14.4. The SMILES string of the molecule is Cc1c([C@@H](C)N(C)C(=O)/C=C/c2cnc3c(c2)COCC(=O)N3)sc2ccccc12. The molecule has 154 valence electrons. The first-order valence-corrected chi connectivity index (χ1v) is 10.5. The molecule has 0 saturated carbocycles. The number of nitrogens with zero attached hydrogens (tertiary/aromatic N) is 2. The molecule has 3 heterocycles. The van der Waals surface area contributed by atoms with Crippen molar-refractivity contribution < 1.29 is 14.3 Å². The highest BCUT2D eigenvalue weighted by Gasteiger charge is 2.21. The zero-order valence-electron chi connectivity index (χ0n) is 17.1. The van der Waals surface area contributed by atoms with E-state index in [1.165, 1.54) is 20.5 Å². The van der Waals surface area contributed by atoms with Crippen LogP contribution in [0.4, 0.5) is 5.82 Å². The summed E-state index contributed by atoms with van der Waals surface area (Å²) >= 11 is 1.73. The third kappa shape index (κ3) is 3.99. The normalized spacial score (nSPS) is 15.0. The van der Waals surface area contributed by atoms with Gasteiger partial charge in [-0.25, -0.2) is 4.98 Å². The van der Waals surface area contributed by atoms with Crippen molar-refractivity contribution in [3.8, 4) is 0 Å². The second kappa shape index (κ2) is 8.38. The van der Waals surface area contributed by atoms with Gasteiger partial charge in [0, 0.05) is 34.5 Å². The van der Waals surface area contributed by atoms with E-state index in [9.17, 15) is 9.59 Å². The Morgan fingerprint density at radius 2 is 2.13 bits per heavy atom. The Bertz CT molecular complexity index is 1150. The lowest BCUT2D eigenvalue weighted by Gasteiger charge is -2.23. The number of ether oxygens (including phenoxy) is 1. The summed E-state index contributed by atoms with van der Waals surface area (Å²) in [5.74, 6) is 0.206.